The van der Waals surface area contributed by atoms with Gasteiger partial charge in [-0.25, -0.2) is 0 Å². The summed E-state index contributed by atoms with van der Waals surface area (Å²) in [6, 6.07) is 7.29. The molecular formula is C18H21N3O4. The van der Waals surface area contributed by atoms with Gasteiger partial charge in [-0.2, -0.15) is 0 Å². The van der Waals surface area contributed by atoms with Crippen LogP contribution in [0.1, 0.15) is 24.8 Å². The van der Waals surface area contributed by atoms with Crippen LogP contribution in [0, 0.1) is 12.8 Å². The number of benzene rings is 1. The molecule has 0 radical (unpaired) electrons. The fourth-order valence-corrected chi connectivity index (χ4v) is 3.01. The van der Waals surface area contributed by atoms with Gasteiger partial charge in [-0.15, -0.1) is 0 Å². The van der Waals surface area contributed by atoms with Crippen LogP contribution in [0.25, 0.3) is 0 Å². The van der Waals surface area contributed by atoms with E-state index in [2.05, 4.69) is 10.5 Å². The van der Waals surface area contributed by atoms with E-state index in [1.807, 2.05) is 25.1 Å². The van der Waals surface area contributed by atoms with Gasteiger partial charge in [0.15, 0.2) is 5.76 Å². The van der Waals surface area contributed by atoms with E-state index < -0.39 is 5.92 Å². The standard InChI is InChI=1S/C18H21N3O4/c1-4-14-17(11(2)20-25-14)19-18(23)12-9-16(22)21(10-12)13-7-5-6-8-15(13)24-3/h5-8,12H,4,9-10H2,1-3H3,(H,19,23)/t12-/m0/s1. The van der Waals surface area contributed by atoms with Crippen LogP contribution in [0.3, 0.4) is 0 Å². The first kappa shape index (κ1) is 17.0. The monoisotopic (exact) mass is 343 g/mol. The molecule has 1 aromatic carbocycles. The maximum absolute atomic E-state index is 12.6. The summed E-state index contributed by atoms with van der Waals surface area (Å²) in [5.41, 5.74) is 1.92. The lowest BCUT2D eigenvalue weighted by atomic mass is 10.1. The Morgan fingerprint density at radius 2 is 2.20 bits per heavy atom. The Kier molecular flexibility index (Phi) is 4.74. The van der Waals surface area contributed by atoms with E-state index in [9.17, 15) is 9.59 Å². The van der Waals surface area contributed by atoms with Crippen LogP contribution in [0.4, 0.5) is 11.4 Å². The molecule has 1 aliphatic heterocycles. The molecule has 7 nitrogen and oxygen atoms in total. The van der Waals surface area contributed by atoms with E-state index in [0.717, 1.165) is 0 Å². The molecule has 1 N–H and O–H groups in total. The number of hydrogen-bond acceptors (Lipinski definition) is 5. The third kappa shape index (κ3) is 3.22. The maximum Gasteiger partial charge on any atom is 0.229 e. The number of amides is 2. The minimum atomic E-state index is -0.434. The van der Waals surface area contributed by atoms with Gasteiger partial charge >= 0.3 is 0 Å². The average Bonchev–Trinajstić information content (AvgIpc) is 3.18. The summed E-state index contributed by atoms with van der Waals surface area (Å²) in [7, 11) is 1.56. The van der Waals surface area contributed by atoms with Crippen LogP contribution in [0.5, 0.6) is 5.75 Å². The quantitative estimate of drug-likeness (QED) is 0.902. The van der Waals surface area contributed by atoms with Gasteiger partial charge in [0.2, 0.25) is 11.8 Å². The summed E-state index contributed by atoms with van der Waals surface area (Å²) in [6.45, 7) is 4.02. The predicted molar refractivity (Wildman–Crippen MR) is 92.7 cm³/mol. The molecule has 1 aliphatic rings. The lowest BCUT2D eigenvalue weighted by Gasteiger charge is -2.19. The summed E-state index contributed by atoms with van der Waals surface area (Å²) >= 11 is 0. The zero-order chi connectivity index (χ0) is 18.0. The van der Waals surface area contributed by atoms with Gasteiger partial charge in [-0.05, 0) is 19.1 Å². The van der Waals surface area contributed by atoms with E-state index in [1.54, 1.807) is 25.0 Å². The number of hydrogen-bond donors (Lipinski definition) is 1. The third-order valence-electron chi connectivity index (χ3n) is 4.37. The average molecular weight is 343 g/mol. The molecule has 0 aliphatic carbocycles. The maximum atomic E-state index is 12.6. The largest absolute Gasteiger partial charge is 0.495 e. The van der Waals surface area contributed by atoms with E-state index in [4.69, 9.17) is 9.26 Å². The van der Waals surface area contributed by atoms with Crippen LogP contribution >= 0.6 is 0 Å². The van der Waals surface area contributed by atoms with Gasteiger partial charge in [0, 0.05) is 19.4 Å². The fourth-order valence-electron chi connectivity index (χ4n) is 3.01. The number of carbonyl (C=O) groups is 2. The number of methoxy groups -OCH3 is 1. The zero-order valence-electron chi connectivity index (χ0n) is 14.5. The van der Waals surface area contributed by atoms with Crippen molar-refractivity contribution in [3.63, 3.8) is 0 Å². The smallest absolute Gasteiger partial charge is 0.229 e. The topological polar surface area (TPSA) is 84.7 Å². The van der Waals surface area contributed by atoms with Crippen molar-refractivity contribution in [3.8, 4) is 5.75 Å². The molecule has 0 unspecified atom stereocenters. The lowest BCUT2D eigenvalue weighted by molar-refractivity contribution is -0.122. The van der Waals surface area contributed by atoms with Gasteiger partial charge in [0.25, 0.3) is 0 Å². The SMILES string of the molecule is CCc1onc(C)c1NC(=O)[C@H]1CC(=O)N(c2ccccc2OC)C1. The van der Waals surface area contributed by atoms with Crippen LogP contribution < -0.4 is 15.0 Å². The van der Waals surface area contributed by atoms with Crippen LogP contribution in [-0.2, 0) is 16.0 Å². The summed E-state index contributed by atoms with van der Waals surface area (Å²) in [5.74, 6) is 0.516. The molecule has 1 atom stereocenters. The van der Waals surface area contributed by atoms with Gasteiger partial charge in [0.05, 0.1) is 18.7 Å². The molecule has 1 saturated heterocycles. The van der Waals surface area contributed by atoms with Crippen LogP contribution in [0.2, 0.25) is 0 Å². The van der Waals surface area contributed by atoms with Crippen molar-refractivity contribution in [2.75, 3.05) is 23.9 Å². The summed E-state index contributed by atoms with van der Waals surface area (Å²) in [5, 5.41) is 6.75. The van der Waals surface area contributed by atoms with Crippen molar-refractivity contribution in [2.24, 2.45) is 5.92 Å². The highest BCUT2D eigenvalue weighted by Crippen LogP contribution is 2.33. The van der Waals surface area contributed by atoms with Crippen molar-refractivity contribution in [1.29, 1.82) is 0 Å². The number of aryl methyl sites for hydroxylation is 2. The van der Waals surface area contributed by atoms with E-state index in [0.29, 0.717) is 41.5 Å². The number of rotatable bonds is 5. The molecule has 1 fully saturated rings. The van der Waals surface area contributed by atoms with Gasteiger partial charge in [-0.3, -0.25) is 9.59 Å². The number of aromatic nitrogens is 1. The molecule has 25 heavy (non-hydrogen) atoms. The summed E-state index contributed by atoms with van der Waals surface area (Å²) < 4.78 is 10.5. The number of anilines is 2. The molecule has 2 amide bonds. The third-order valence-corrected chi connectivity index (χ3v) is 4.37. The molecule has 7 heteroatoms. The number of nitrogens with zero attached hydrogens (tertiary/aromatic N) is 2. The van der Waals surface area contributed by atoms with E-state index >= 15 is 0 Å². The second-order valence-corrected chi connectivity index (χ2v) is 5.99. The normalized spacial score (nSPS) is 17.0. The minimum Gasteiger partial charge on any atom is -0.495 e. The first-order chi connectivity index (χ1) is 12.0. The highest BCUT2D eigenvalue weighted by atomic mass is 16.5. The molecular weight excluding hydrogens is 322 g/mol. The highest BCUT2D eigenvalue weighted by molar-refractivity contribution is 6.04. The number of ether oxygens (including phenoxy) is 1. The van der Waals surface area contributed by atoms with Crippen molar-refractivity contribution in [1.82, 2.24) is 5.16 Å². The van der Waals surface area contributed by atoms with Gasteiger partial charge in [0.1, 0.15) is 17.1 Å². The molecule has 1 aromatic heterocycles. The number of nitrogens with one attached hydrogen (secondary N) is 1. The lowest BCUT2D eigenvalue weighted by Crippen LogP contribution is -2.28. The van der Waals surface area contributed by atoms with E-state index in [-0.39, 0.29) is 18.2 Å². The summed E-state index contributed by atoms with van der Waals surface area (Å²) in [4.78, 5) is 26.6. The fraction of sp³-hybridized carbons (Fsp3) is 0.389. The second-order valence-electron chi connectivity index (χ2n) is 5.99. The predicted octanol–water partition coefficient (Wildman–Crippen LogP) is 2.55. The molecule has 2 heterocycles. The van der Waals surface area contributed by atoms with Crippen molar-refractivity contribution in [3.05, 3.63) is 35.7 Å². The van der Waals surface area contributed by atoms with Gasteiger partial charge in [-0.1, -0.05) is 24.2 Å². The molecule has 2 aromatic rings. The summed E-state index contributed by atoms with van der Waals surface area (Å²) in [6.07, 6.45) is 0.795. The first-order valence-electron chi connectivity index (χ1n) is 8.24. The van der Waals surface area contributed by atoms with Crippen LogP contribution in [-0.4, -0.2) is 30.6 Å². The highest BCUT2D eigenvalue weighted by Gasteiger charge is 2.36. The Balaban J connectivity index is 1.76. The van der Waals surface area contributed by atoms with E-state index in [1.165, 1.54) is 0 Å². The Morgan fingerprint density at radius 1 is 1.44 bits per heavy atom. The van der Waals surface area contributed by atoms with Crippen LogP contribution in [0.15, 0.2) is 28.8 Å². The molecule has 132 valence electrons. The Morgan fingerprint density at radius 3 is 2.92 bits per heavy atom. The molecule has 0 saturated carbocycles. The number of para-hydroxylation sites is 2. The molecule has 0 spiro atoms. The van der Waals surface area contributed by atoms with Crippen molar-refractivity contribution >= 4 is 23.2 Å². The van der Waals surface area contributed by atoms with Crippen molar-refractivity contribution < 1.29 is 18.8 Å². The molecule has 0 bridgehead atoms. The Labute approximate surface area is 145 Å². The van der Waals surface area contributed by atoms with Crippen molar-refractivity contribution in [2.45, 2.75) is 26.7 Å². The first-order valence-corrected chi connectivity index (χ1v) is 8.24. The Hall–Kier alpha value is -2.83. The zero-order valence-corrected chi connectivity index (χ0v) is 14.5. The minimum absolute atomic E-state index is 0.0950. The van der Waals surface area contributed by atoms with Gasteiger partial charge < -0.3 is 19.5 Å². The second kappa shape index (κ2) is 6.96. The number of carbonyl (C=O) groups excluding carboxylic acids is 2. The Bertz CT molecular complexity index is 799. The molecule has 3 rings (SSSR count).